The third kappa shape index (κ3) is 2.34. The van der Waals surface area contributed by atoms with Gasteiger partial charge in [0.15, 0.2) is 0 Å². The van der Waals surface area contributed by atoms with Gasteiger partial charge in [-0.3, -0.25) is 9.97 Å². The highest BCUT2D eigenvalue weighted by atomic mass is 15.0. The molecule has 3 rings (SSSR count). The Hall–Kier alpha value is -0.960. The number of rotatable bonds is 5. The molecule has 0 amide bonds. The lowest BCUT2D eigenvalue weighted by molar-refractivity contribution is 0.413. The van der Waals surface area contributed by atoms with Crippen LogP contribution in [0.5, 0.6) is 0 Å². The molecule has 1 aromatic rings. The van der Waals surface area contributed by atoms with Crippen molar-refractivity contribution in [1.82, 2.24) is 15.3 Å². The van der Waals surface area contributed by atoms with Crippen LogP contribution < -0.4 is 5.32 Å². The number of aromatic nitrogens is 2. The van der Waals surface area contributed by atoms with E-state index in [0.29, 0.717) is 0 Å². The van der Waals surface area contributed by atoms with Crippen molar-refractivity contribution in [2.45, 2.75) is 38.3 Å². The Kier molecular flexibility index (Phi) is 2.41. The lowest BCUT2D eigenvalue weighted by Gasteiger charge is -2.16. The summed E-state index contributed by atoms with van der Waals surface area (Å²) in [7, 11) is 0. The second kappa shape index (κ2) is 3.89. The lowest BCUT2D eigenvalue weighted by atomic mass is 10.1. The monoisotopic (exact) mass is 203 g/mol. The summed E-state index contributed by atoms with van der Waals surface area (Å²) < 4.78 is 0. The van der Waals surface area contributed by atoms with E-state index in [-0.39, 0.29) is 0 Å². The molecule has 0 aliphatic heterocycles. The molecule has 15 heavy (non-hydrogen) atoms. The zero-order valence-electron chi connectivity index (χ0n) is 8.89. The molecular weight excluding hydrogens is 186 g/mol. The summed E-state index contributed by atoms with van der Waals surface area (Å²) in [6.45, 7) is 0.880. The molecule has 0 radical (unpaired) electrons. The molecule has 80 valence electrons. The quantitative estimate of drug-likeness (QED) is 0.792. The third-order valence-corrected chi connectivity index (χ3v) is 3.40. The minimum atomic E-state index is 0.756. The minimum Gasteiger partial charge on any atom is -0.308 e. The van der Waals surface area contributed by atoms with Crippen molar-refractivity contribution in [2.24, 2.45) is 11.8 Å². The van der Waals surface area contributed by atoms with Crippen LogP contribution in [-0.2, 0) is 6.54 Å². The highest BCUT2D eigenvalue weighted by molar-refractivity contribution is 4.99. The molecule has 2 aliphatic rings. The molecule has 0 spiro atoms. The maximum absolute atomic E-state index is 4.29. The molecule has 0 aromatic carbocycles. The fraction of sp³-hybridized carbons (Fsp3) is 0.667. The van der Waals surface area contributed by atoms with Crippen molar-refractivity contribution in [3.8, 4) is 0 Å². The molecule has 3 nitrogen and oxygen atoms in total. The van der Waals surface area contributed by atoms with Crippen molar-refractivity contribution in [2.75, 3.05) is 0 Å². The maximum atomic E-state index is 4.29. The largest absolute Gasteiger partial charge is 0.308 e. The summed E-state index contributed by atoms with van der Waals surface area (Å²) in [6, 6.07) is 0.756. The van der Waals surface area contributed by atoms with Crippen molar-refractivity contribution in [1.29, 1.82) is 0 Å². The molecule has 1 heterocycles. The number of hydrogen-bond donors (Lipinski definition) is 1. The molecule has 1 aromatic heterocycles. The molecule has 0 saturated heterocycles. The third-order valence-electron chi connectivity index (χ3n) is 3.40. The number of nitrogens with one attached hydrogen (secondary N) is 1. The van der Waals surface area contributed by atoms with E-state index in [1.165, 1.54) is 25.7 Å². The van der Waals surface area contributed by atoms with E-state index in [9.17, 15) is 0 Å². The Morgan fingerprint density at radius 2 is 1.93 bits per heavy atom. The SMILES string of the molecule is c1cnc(CNC(C2CC2)C2CC2)cn1. The second-order valence-electron chi connectivity index (χ2n) is 4.78. The summed E-state index contributed by atoms with van der Waals surface area (Å²) >= 11 is 0. The van der Waals surface area contributed by atoms with Gasteiger partial charge in [0, 0.05) is 31.2 Å². The number of hydrogen-bond acceptors (Lipinski definition) is 3. The fourth-order valence-corrected chi connectivity index (χ4v) is 2.27. The first-order valence-electron chi connectivity index (χ1n) is 5.92. The van der Waals surface area contributed by atoms with Crippen LogP contribution in [0.15, 0.2) is 18.6 Å². The van der Waals surface area contributed by atoms with Crippen LogP contribution >= 0.6 is 0 Å². The van der Waals surface area contributed by atoms with E-state index in [2.05, 4.69) is 15.3 Å². The molecule has 1 N–H and O–H groups in total. The van der Waals surface area contributed by atoms with E-state index in [1.807, 2.05) is 6.20 Å². The molecule has 3 heteroatoms. The van der Waals surface area contributed by atoms with Crippen LogP contribution in [0.1, 0.15) is 31.4 Å². The van der Waals surface area contributed by atoms with Gasteiger partial charge in [-0.05, 0) is 37.5 Å². The minimum absolute atomic E-state index is 0.756. The first-order chi connectivity index (χ1) is 7.43. The van der Waals surface area contributed by atoms with Crippen LogP contribution in [-0.4, -0.2) is 16.0 Å². The van der Waals surface area contributed by atoms with Crippen molar-refractivity contribution in [3.05, 3.63) is 24.3 Å². The Bertz CT molecular complexity index is 305. The second-order valence-corrected chi connectivity index (χ2v) is 4.78. The standard InChI is InChI=1S/C12H17N3/c1-2-9(1)12(10-3-4-10)15-8-11-7-13-5-6-14-11/h5-7,9-10,12,15H,1-4,8H2. The maximum Gasteiger partial charge on any atom is 0.0724 e. The lowest BCUT2D eigenvalue weighted by Crippen LogP contribution is -2.32. The van der Waals surface area contributed by atoms with Crippen LogP contribution in [0.25, 0.3) is 0 Å². The summed E-state index contributed by atoms with van der Waals surface area (Å²) in [6.07, 6.45) is 11.0. The van der Waals surface area contributed by atoms with Gasteiger partial charge in [-0.15, -0.1) is 0 Å². The highest BCUT2D eigenvalue weighted by Crippen LogP contribution is 2.44. The molecule has 0 atom stereocenters. The van der Waals surface area contributed by atoms with Gasteiger partial charge < -0.3 is 5.32 Å². The van der Waals surface area contributed by atoms with Crippen molar-refractivity contribution >= 4 is 0 Å². The predicted octanol–water partition coefficient (Wildman–Crippen LogP) is 1.75. The average molecular weight is 203 g/mol. The van der Waals surface area contributed by atoms with E-state index < -0.39 is 0 Å². The van der Waals surface area contributed by atoms with Crippen LogP contribution in [0.4, 0.5) is 0 Å². The normalized spacial score (nSPS) is 20.9. The first-order valence-corrected chi connectivity index (χ1v) is 5.92. The Balaban J connectivity index is 1.55. The zero-order chi connectivity index (χ0) is 10.1. The van der Waals surface area contributed by atoms with Crippen molar-refractivity contribution in [3.63, 3.8) is 0 Å². The Morgan fingerprint density at radius 1 is 1.20 bits per heavy atom. The molecule has 2 fully saturated rings. The van der Waals surface area contributed by atoms with Gasteiger partial charge in [0.05, 0.1) is 5.69 Å². The molecule has 0 unspecified atom stereocenters. The molecule has 0 bridgehead atoms. The molecular formula is C12H17N3. The summed E-state index contributed by atoms with van der Waals surface area (Å²) in [5.41, 5.74) is 1.06. The summed E-state index contributed by atoms with van der Waals surface area (Å²) in [5.74, 6) is 1.91. The van der Waals surface area contributed by atoms with Gasteiger partial charge in [0.25, 0.3) is 0 Å². The van der Waals surface area contributed by atoms with E-state index >= 15 is 0 Å². The van der Waals surface area contributed by atoms with Gasteiger partial charge in [-0.25, -0.2) is 0 Å². The number of nitrogens with zero attached hydrogens (tertiary/aromatic N) is 2. The molecule has 2 aliphatic carbocycles. The predicted molar refractivity (Wildman–Crippen MR) is 58.1 cm³/mol. The fourth-order valence-electron chi connectivity index (χ4n) is 2.27. The zero-order valence-corrected chi connectivity index (χ0v) is 8.89. The van der Waals surface area contributed by atoms with E-state index in [1.54, 1.807) is 12.4 Å². The average Bonchev–Trinajstić information content (AvgIpc) is 3.14. The Morgan fingerprint density at radius 3 is 2.47 bits per heavy atom. The van der Waals surface area contributed by atoms with Crippen molar-refractivity contribution < 1.29 is 0 Å². The van der Waals surface area contributed by atoms with Crippen LogP contribution in [0.2, 0.25) is 0 Å². The Labute approximate surface area is 90.3 Å². The summed E-state index contributed by atoms with van der Waals surface area (Å²) in [5, 5.41) is 3.66. The molecule has 2 saturated carbocycles. The highest BCUT2D eigenvalue weighted by Gasteiger charge is 2.40. The smallest absolute Gasteiger partial charge is 0.0724 e. The van der Waals surface area contributed by atoms with Gasteiger partial charge in [0.1, 0.15) is 0 Å². The van der Waals surface area contributed by atoms with Gasteiger partial charge >= 0.3 is 0 Å². The van der Waals surface area contributed by atoms with Gasteiger partial charge in [-0.2, -0.15) is 0 Å². The topological polar surface area (TPSA) is 37.8 Å². The van der Waals surface area contributed by atoms with Gasteiger partial charge in [0.2, 0.25) is 0 Å². The van der Waals surface area contributed by atoms with Crippen LogP contribution in [0.3, 0.4) is 0 Å². The first kappa shape index (κ1) is 9.28. The van der Waals surface area contributed by atoms with Gasteiger partial charge in [-0.1, -0.05) is 0 Å². The van der Waals surface area contributed by atoms with Crippen LogP contribution in [0, 0.1) is 11.8 Å². The summed E-state index contributed by atoms with van der Waals surface area (Å²) in [4.78, 5) is 8.37. The van der Waals surface area contributed by atoms with E-state index in [0.717, 1.165) is 30.1 Å². The van der Waals surface area contributed by atoms with E-state index in [4.69, 9.17) is 0 Å².